The van der Waals surface area contributed by atoms with Crippen LogP contribution >= 0.6 is 0 Å². The summed E-state index contributed by atoms with van der Waals surface area (Å²) in [6.45, 7) is 13.0. The molecule has 0 saturated carbocycles. The molecule has 0 amide bonds. The average Bonchev–Trinajstić information content (AvgIpc) is 3.47. The molecular formula is C51H61N3O5. The maximum absolute atomic E-state index is 13.3. The van der Waals surface area contributed by atoms with Gasteiger partial charge in [-0.05, 0) is 96.6 Å². The molecule has 1 saturated heterocycles. The Bertz CT molecular complexity index is 2230. The predicted octanol–water partition coefficient (Wildman–Crippen LogP) is 11.8. The van der Waals surface area contributed by atoms with E-state index in [2.05, 4.69) is 103 Å². The van der Waals surface area contributed by atoms with Crippen LogP contribution in [-0.4, -0.2) is 57.7 Å². The molecule has 3 aliphatic rings. The molecule has 2 atom stereocenters. The number of hydrogen-bond donors (Lipinski definition) is 1. The fourth-order valence-corrected chi connectivity index (χ4v) is 9.57. The van der Waals surface area contributed by atoms with Gasteiger partial charge in [0.05, 0.1) is 25.0 Å². The standard InChI is InChI=1S/C51H61N3O5/c1-6-9-11-12-33-57-39-22-20-37(21-23-39)36-16-18-38(19-17-36)49(55)59-40-28-31-53(32-29-40)46-15-13-14-43-42(46)25-26-45-48(43)58-35-51(52-45)50(4,8-3)44-34-41(56-5)24-27-47(44)54(51)30-10-7-2/h13-27,34,40,52H,6-12,28-33,35H2,1-5H3. The van der Waals surface area contributed by atoms with Gasteiger partial charge in [-0.15, -0.1) is 0 Å². The van der Waals surface area contributed by atoms with Crippen molar-refractivity contribution in [2.45, 2.75) is 103 Å². The van der Waals surface area contributed by atoms with Gasteiger partial charge in [0, 0.05) is 60.0 Å². The fourth-order valence-electron chi connectivity index (χ4n) is 9.57. The predicted molar refractivity (Wildman–Crippen MR) is 241 cm³/mol. The van der Waals surface area contributed by atoms with Gasteiger partial charge in [0.15, 0.2) is 11.4 Å². The molecule has 0 bridgehead atoms. The normalized spacial score (nSPS) is 19.9. The van der Waals surface area contributed by atoms with E-state index in [1.54, 1.807) is 7.11 Å². The van der Waals surface area contributed by atoms with Crippen LogP contribution in [0.4, 0.5) is 17.1 Å². The van der Waals surface area contributed by atoms with Crippen molar-refractivity contribution < 1.29 is 23.7 Å². The molecule has 1 N–H and O–H groups in total. The molecule has 0 aliphatic carbocycles. The number of benzene rings is 5. The minimum atomic E-state index is -0.444. The van der Waals surface area contributed by atoms with Crippen LogP contribution in [0.15, 0.2) is 97.1 Å². The summed E-state index contributed by atoms with van der Waals surface area (Å²) in [6, 6.07) is 33.4. The number of hydrogen-bond acceptors (Lipinski definition) is 8. The highest BCUT2D eigenvalue weighted by Crippen LogP contribution is 2.57. The van der Waals surface area contributed by atoms with Crippen LogP contribution in [0.3, 0.4) is 0 Å². The van der Waals surface area contributed by atoms with Gasteiger partial charge in [0.2, 0.25) is 0 Å². The summed E-state index contributed by atoms with van der Waals surface area (Å²) < 4.78 is 24.6. The van der Waals surface area contributed by atoms with Crippen molar-refractivity contribution in [3.05, 3.63) is 108 Å². The quantitative estimate of drug-likeness (QED) is 0.0830. The first kappa shape index (κ1) is 40.4. The number of carbonyl (C=O) groups is 1. The Hall–Kier alpha value is -5.37. The Morgan fingerprint density at radius 3 is 2.24 bits per heavy atom. The highest BCUT2D eigenvalue weighted by atomic mass is 16.5. The number of methoxy groups -OCH3 is 1. The smallest absolute Gasteiger partial charge is 0.338 e. The van der Waals surface area contributed by atoms with Crippen LogP contribution in [0.2, 0.25) is 0 Å². The zero-order valence-corrected chi connectivity index (χ0v) is 35.7. The van der Waals surface area contributed by atoms with Crippen molar-refractivity contribution >= 4 is 33.8 Å². The van der Waals surface area contributed by atoms with Gasteiger partial charge in [0.25, 0.3) is 0 Å². The second-order valence-electron chi connectivity index (χ2n) is 16.8. The number of nitrogens with zero attached hydrogens (tertiary/aromatic N) is 2. The molecule has 310 valence electrons. The van der Waals surface area contributed by atoms with E-state index in [1.165, 1.54) is 41.6 Å². The summed E-state index contributed by atoms with van der Waals surface area (Å²) >= 11 is 0. The van der Waals surface area contributed by atoms with E-state index in [-0.39, 0.29) is 17.5 Å². The highest BCUT2D eigenvalue weighted by molar-refractivity contribution is 6.02. The molecule has 0 aromatic heterocycles. The molecule has 2 unspecified atom stereocenters. The molecule has 5 aromatic carbocycles. The summed E-state index contributed by atoms with van der Waals surface area (Å²) in [5, 5.41) is 6.38. The van der Waals surface area contributed by atoms with Crippen LogP contribution in [0, 0.1) is 0 Å². The van der Waals surface area contributed by atoms with Crippen LogP contribution in [0.5, 0.6) is 17.2 Å². The minimum absolute atomic E-state index is 0.126. The maximum atomic E-state index is 13.3. The molecule has 3 aliphatic heterocycles. The maximum Gasteiger partial charge on any atom is 0.338 e. The Morgan fingerprint density at radius 1 is 0.797 bits per heavy atom. The van der Waals surface area contributed by atoms with E-state index in [0.29, 0.717) is 12.2 Å². The summed E-state index contributed by atoms with van der Waals surface area (Å²) in [4.78, 5) is 18.3. The molecule has 8 rings (SSSR count). The van der Waals surface area contributed by atoms with E-state index >= 15 is 0 Å². The van der Waals surface area contributed by atoms with Crippen LogP contribution in [0.1, 0.15) is 101 Å². The topological polar surface area (TPSA) is 72.5 Å². The molecule has 5 aromatic rings. The summed E-state index contributed by atoms with van der Waals surface area (Å²) in [5.41, 5.74) is 6.83. The first-order chi connectivity index (χ1) is 28.8. The first-order valence-electron chi connectivity index (χ1n) is 22.0. The van der Waals surface area contributed by atoms with E-state index < -0.39 is 5.66 Å². The molecule has 0 radical (unpaired) electrons. The van der Waals surface area contributed by atoms with Crippen molar-refractivity contribution in [3.8, 4) is 28.4 Å². The zero-order valence-electron chi connectivity index (χ0n) is 35.7. The summed E-state index contributed by atoms with van der Waals surface area (Å²) in [7, 11) is 1.74. The number of anilines is 3. The molecular weight excluding hydrogens is 735 g/mol. The Labute approximate surface area is 350 Å². The number of fused-ring (bicyclic) bond motifs is 4. The molecule has 8 nitrogen and oxygen atoms in total. The summed E-state index contributed by atoms with van der Waals surface area (Å²) in [5.74, 6) is 2.42. The van der Waals surface area contributed by atoms with E-state index in [1.807, 2.05) is 36.4 Å². The SMILES string of the molecule is CCCCCCOc1ccc(-c2ccc(C(=O)OC3CCN(c4cccc5c6c(ccc45)NC4(CO6)N(CCCC)c5ccc(OC)cc5C4(C)CC)CC3)cc2)cc1. The third kappa shape index (κ3) is 7.67. The lowest BCUT2D eigenvalue weighted by Crippen LogP contribution is -2.67. The van der Waals surface area contributed by atoms with Crippen LogP contribution in [0.25, 0.3) is 21.9 Å². The van der Waals surface area contributed by atoms with Gasteiger partial charge >= 0.3 is 5.97 Å². The number of nitrogens with one attached hydrogen (secondary N) is 1. The number of esters is 1. The van der Waals surface area contributed by atoms with Gasteiger partial charge in [-0.2, -0.15) is 0 Å². The van der Waals surface area contributed by atoms with Gasteiger partial charge in [-0.1, -0.05) is 89.8 Å². The number of carbonyl (C=O) groups excluding carboxylic acids is 1. The van der Waals surface area contributed by atoms with Crippen molar-refractivity contribution in [1.29, 1.82) is 0 Å². The molecule has 8 heteroatoms. The number of unbranched alkanes of at least 4 members (excludes halogenated alkanes) is 4. The van der Waals surface area contributed by atoms with Crippen LogP contribution < -0.4 is 29.3 Å². The van der Waals surface area contributed by atoms with Crippen molar-refractivity contribution in [2.75, 3.05) is 55.1 Å². The van der Waals surface area contributed by atoms with Crippen LogP contribution in [-0.2, 0) is 10.2 Å². The first-order valence-corrected chi connectivity index (χ1v) is 22.0. The Balaban J connectivity index is 0.918. The second-order valence-corrected chi connectivity index (χ2v) is 16.8. The van der Waals surface area contributed by atoms with Crippen molar-refractivity contribution in [1.82, 2.24) is 0 Å². The third-order valence-corrected chi connectivity index (χ3v) is 13.3. The lowest BCUT2D eigenvalue weighted by atomic mass is 9.71. The van der Waals surface area contributed by atoms with E-state index in [0.717, 1.165) is 104 Å². The largest absolute Gasteiger partial charge is 0.497 e. The molecule has 1 fully saturated rings. The van der Waals surface area contributed by atoms with E-state index in [4.69, 9.17) is 18.9 Å². The third-order valence-electron chi connectivity index (χ3n) is 13.3. The second kappa shape index (κ2) is 17.5. The highest BCUT2D eigenvalue weighted by Gasteiger charge is 2.60. The molecule has 3 heterocycles. The average molecular weight is 796 g/mol. The van der Waals surface area contributed by atoms with Gasteiger partial charge < -0.3 is 34.1 Å². The monoisotopic (exact) mass is 795 g/mol. The van der Waals surface area contributed by atoms with E-state index in [9.17, 15) is 4.79 Å². The lowest BCUT2D eigenvalue weighted by molar-refractivity contribution is 0.0245. The molecule has 59 heavy (non-hydrogen) atoms. The minimum Gasteiger partial charge on any atom is -0.497 e. The van der Waals surface area contributed by atoms with Crippen molar-refractivity contribution in [2.24, 2.45) is 0 Å². The Morgan fingerprint density at radius 2 is 1.53 bits per heavy atom. The lowest BCUT2D eigenvalue weighted by Gasteiger charge is -2.52. The fraction of sp³-hybridized carbons (Fsp3) is 0.431. The number of piperidine rings is 1. The Kier molecular flexibility index (Phi) is 12.0. The molecule has 1 spiro atoms. The summed E-state index contributed by atoms with van der Waals surface area (Å²) in [6.07, 6.45) is 9.33. The zero-order chi connectivity index (χ0) is 41.0. The van der Waals surface area contributed by atoms with Gasteiger partial charge in [-0.25, -0.2) is 4.79 Å². The van der Waals surface area contributed by atoms with Gasteiger partial charge in [0.1, 0.15) is 24.2 Å². The van der Waals surface area contributed by atoms with Gasteiger partial charge in [-0.3, -0.25) is 0 Å². The number of rotatable bonds is 15. The van der Waals surface area contributed by atoms with Crippen molar-refractivity contribution in [3.63, 3.8) is 0 Å². The number of ether oxygens (including phenoxy) is 4.